The first-order chi connectivity index (χ1) is 5.25. The third kappa shape index (κ3) is 1.92. The first-order valence-corrected chi connectivity index (χ1v) is 4.39. The fourth-order valence-corrected chi connectivity index (χ4v) is 1.72. The van der Waals surface area contributed by atoms with Gasteiger partial charge in [-0.1, -0.05) is 19.1 Å². The number of allylic oxidation sites excluding steroid dienone is 2. The summed E-state index contributed by atoms with van der Waals surface area (Å²) in [6.45, 7) is 4.18. The van der Waals surface area contributed by atoms with Crippen molar-refractivity contribution < 1.29 is 4.79 Å². The van der Waals surface area contributed by atoms with E-state index in [2.05, 4.69) is 13.0 Å². The maximum absolute atomic E-state index is 11.3. The fourth-order valence-electron chi connectivity index (χ4n) is 1.72. The third-order valence-corrected chi connectivity index (χ3v) is 2.57. The summed E-state index contributed by atoms with van der Waals surface area (Å²) in [4.78, 5) is 11.3. The minimum absolute atomic E-state index is 0.325. The Bertz CT molecular complexity index is 170. The van der Waals surface area contributed by atoms with E-state index >= 15 is 0 Å². The minimum atomic E-state index is 0.325. The molecule has 0 amide bonds. The molecule has 0 aromatic rings. The number of Topliss-reactive ketones (excluding diaryl/α,β-unsaturated/α-hetero) is 1. The number of carbonyl (C=O) groups is 1. The Morgan fingerprint density at radius 1 is 1.64 bits per heavy atom. The van der Waals surface area contributed by atoms with Crippen LogP contribution in [0.4, 0.5) is 0 Å². The molecule has 0 unspecified atom stereocenters. The van der Waals surface area contributed by atoms with Gasteiger partial charge in [-0.2, -0.15) is 0 Å². The second-order valence-electron chi connectivity index (χ2n) is 3.39. The molecule has 1 fully saturated rings. The summed E-state index contributed by atoms with van der Waals surface area (Å²) in [6, 6.07) is 0. The molecule has 0 saturated heterocycles. The quantitative estimate of drug-likeness (QED) is 0.556. The highest BCUT2D eigenvalue weighted by atomic mass is 16.1. The summed E-state index contributed by atoms with van der Waals surface area (Å²) in [6.07, 6.45) is 6.99. The van der Waals surface area contributed by atoms with E-state index < -0.39 is 0 Å². The molecular formula is C10H16O. The molecule has 1 rings (SSSR count). The van der Waals surface area contributed by atoms with Crippen LogP contribution in [0, 0.1) is 11.8 Å². The maximum atomic E-state index is 11.3. The molecule has 0 aromatic heterocycles. The molecule has 0 aromatic carbocycles. The zero-order valence-corrected chi connectivity index (χ0v) is 7.34. The van der Waals surface area contributed by atoms with Crippen LogP contribution in [-0.2, 0) is 4.79 Å². The molecule has 1 aliphatic rings. The van der Waals surface area contributed by atoms with Gasteiger partial charge < -0.3 is 0 Å². The van der Waals surface area contributed by atoms with Gasteiger partial charge in [-0.05, 0) is 25.7 Å². The molecule has 0 N–H and O–H groups in total. The largest absolute Gasteiger partial charge is 0.299 e. The van der Waals surface area contributed by atoms with Crippen LogP contribution in [0.2, 0.25) is 0 Å². The van der Waals surface area contributed by atoms with E-state index in [0.717, 1.165) is 19.3 Å². The van der Waals surface area contributed by atoms with E-state index in [1.807, 2.05) is 13.0 Å². The summed E-state index contributed by atoms with van der Waals surface area (Å²) in [5.41, 5.74) is 0. The molecule has 1 saturated carbocycles. The van der Waals surface area contributed by atoms with Gasteiger partial charge >= 0.3 is 0 Å². The lowest BCUT2D eigenvalue weighted by Crippen LogP contribution is -2.10. The smallest absolute Gasteiger partial charge is 0.136 e. The lowest BCUT2D eigenvalue weighted by molar-refractivity contribution is -0.121. The van der Waals surface area contributed by atoms with Gasteiger partial charge in [-0.15, -0.1) is 0 Å². The number of carbonyl (C=O) groups excluding carboxylic acids is 1. The highest BCUT2D eigenvalue weighted by Gasteiger charge is 2.29. The summed E-state index contributed by atoms with van der Waals surface area (Å²) in [5.74, 6) is 1.40. The molecule has 0 radical (unpaired) electrons. The van der Waals surface area contributed by atoms with E-state index in [-0.39, 0.29) is 0 Å². The summed E-state index contributed by atoms with van der Waals surface area (Å²) >= 11 is 0. The van der Waals surface area contributed by atoms with E-state index in [1.54, 1.807) is 0 Å². The van der Waals surface area contributed by atoms with Crippen molar-refractivity contribution in [3.8, 4) is 0 Å². The Morgan fingerprint density at radius 2 is 2.36 bits per heavy atom. The van der Waals surface area contributed by atoms with Gasteiger partial charge in [0.1, 0.15) is 5.78 Å². The van der Waals surface area contributed by atoms with E-state index in [0.29, 0.717) is 17.6 Å². The van der Waals surface area contributed by atoms with Crippen LogP contribution in [0.5, 0.6) is 0 Å². The predicted octanol–water partition coefficient (Wildman–Crippen LogP) is 2.57. The molecule has 1 heteroatoms. The molecule has 0 heterocycles. The fraction of sp³-hybridized carbons (Fsp3) is 0.700. The van der Waals surface area contributed by atoms with Crippen molar-refractivity contribution in [3.63, 3.8) is 0 Å². The topological polar surface area (TPSA) is 17.1 Å². The molecule has 1 aliphatic carbocycles. The Kier molecular flexibility index (Phi) is 2.86. The zero-order valence-electron chi connectivity index (χ0n) is 7.34. The van der Waals surface area contributed by atoms with Crippen molar-refractivity contribution in [2.75, 3.05) is 0 Å². The lowest BCUT2D eigenvalue weighted by atomic mass is 9.94. The van der Waals surface area contributed by atoms with Crippen molar-refractivity contribution in [2.24, 2.45) is 11.8 Å². The average molecular weight is 152 g/mol. The Hall–Kier alpha value is -0.590. The average Bonchev–Trinajstić information content (AvgIpc) is 2.29. The van der Waals surface area contributed by atoms with Crippen molar-refractivity contribution in [3.05, 3.63) is 12.2 Å². The highest BCUT2D eigenvalue weighted by molar-refractivity contribution is 5.83. The van der Waals surface area contributed by atoms with E-state index in [9.17, 15) is 4.79 Å². The van der Waals surface area contributed by atoms with Gasteiger partial charge in [0.25, 0.3) is 0 Å². The van der Waals surface area contributed by atoms with Gasteiger partial charge in [-0.25, -0.2) is 0 Å². The molecule has 11 heavy (non-hydrogen) atoms. The Balaban J connectivity index is 2.47. The van der Waals surface area contributed by atoms with Crippen molar-refractivity contribution in [2.45, 2.75) is 33.1 Å². The molecule has 0 spiro atoms. The first kappa shape index (κ1) is 8.51. The molecular weight excluding hydrogens is 136 g/mol. The third-order valence-electron chi connectivity index (χ3n) is 2.57. The SMILES string of the molecule is C/C=C/C[C@H]1C(=O)CC[C@@H]1C. The highest BCUT2D eigenvalue weighted by Crippen LogP contribution is 2.30. The van der Waals surface area contributed by atoms with Crippen LogP contribution in [-0.4, -0.2) is 5.78 Å². The van der Waals surface area contributed by atoms with Crippen LogP contribution in [0.25, 0.3) is 0 Å². The lowest BCUT2D eigenvalue weighted by Gasteiger charge is -2.09. The monoisotopic (exact) mass is 152 g/mol. The summed E-state index contributed by atoms with van der Waals surface area (Å²) in [7, 11) is 0. The van der Waals surface area contributed by atoms with Gasteiger partial charge in [-0.3, -0.25) is 4.79 Å². The van der Waals surface area contributed by atoms with Crippen LogP contribution in [0.1, 0.15) is 33.1 Å². The van der Waals surface area contributed by atoms with E-state index in [1.165, 1.54) is 0 Å². The molecule has 0 aliphatic heterocycles. The Morgan fingerprint density at radius 3 is 2.82 bits per heavy atom. The Labute approximate surface area is 68.5 Å². The van der Waals surface area contributed by atoms with Crippen LogP contribution in [0.15, 0.2) is 12.2 Å². The number of rotatable bonds is 2. The second-order valence-corrected chi connectivity index (χ2v) is 3.39. The van der Waals surface area contributed by atoms with E-state index in [4.69, 9.17) is 0 Å². The summed E-state index contributed by atoms with van der Waals surface area (Å²) < 4.78 is 0. The predicted molar refractivity (Wildman–Crippen MR) is 46.3 cm³/mol. The van der Waals surface area contributed by atoms with Crippen molar-refractivity contribution in [1.82, 2.24) is 0 Å². The van der Waals surface area contributed by atoms with Gasteiger partial charge in [0.15, 0.2) is 0 Å². The first-order valence-electron chi connectivity index (χ1n) is 4.39. The van der Waals surface area contributed by atoms with Crippen molar-refractivity contribution in [1.29, 1.82) is 0 Å². The maximum Gasteiger partial charge on any atom is 0.136 e. The molecule has 2 atom stereocenters. The molecule has 1 nitrogen and oxygen atoms in total. The molecule has 62 valence electrons. The van der Waals surface area contributed by atoms with Gasteiger partial charge in [0.2, 0.25) is 0 Å². The standard InChI is InChI=1S/C10H16O/c1-3-4-5-9-8(2)6-7-10(9)11/h3-4,8-9H,5-7H2,1-2H3/b4-3+/t8-,9+/m0/s1. The summed E-state index contributed by atoms with van der Waals surface area (Å²) in [5, 5.41) is 0. The normalized spacial score (nSPS) is 32.0. The van der Waals surface area contributed by atoms with Gasteiger partial charge in [0, 0.05) is 12.3 Å². The number of hydrogen-bond acceptors (Lipinski definition) is 1. The second kappa shape index (κ2) is 3.70. The van der Waals surface area contributed by atoms with Crippen LogP contribution in [0.3, 0.4) is 0 Å². The molecule has 0 bridgehead atoms. The number of ketones is 1. The van der Waals surface area contributed by atoms with Crippen LogP contribution >= 0.6 is 0 Å². The van der Waals surface area contributed by atoms with Gasteiger partial charge in [0.05, 0.1) is 0 Å². The minimum Gasteiger partial charge on any atom is -0.299 e. The zero-order chi connectivity index (χ0) is 8.27. The van der Waals surface area contributed by atoms with Crippen LogP contribution < -0.4 is 0 Å². The number of hydrogen-bond donors (Lipinski definition) is 0. The van der Waals surface area contributed by atoms with Crippen molar-refractivity contribution >= 4 is 5.78 Å².